The molecule has 5 nitrogen and oxygen atoms in total. The lowest BCUT2D eigenvalue weighted by Crippen LogP contribution is -2.02. The van der Waals surface area contributed by atoms with E-state index >= 15 is 0 Å². The van der Waals surface area contributed by atoms with Crippen molar-refractivity contribution in [2.24, 2.45) is 0 Å². The van der Waals surface area contributed by atoms with Gasteiger partial charge in [0.15, 0.2) is 5.65 Å². The summed E-state index contributed by atoms with van der Waals surface area (Å²) in [7, 11) is 0. The number of fused-ring (bicyclic) bond motifs is 1. The first-order valence-corrected chi connectivity index (χ1v) is 10.6. The summed E-state index contributed by atoms with van der Waals surface area (Å²) < 4.78 is 45.2. The van der Waals surface area contributed by atoms with E-state index < -0.39 is 11.9 Å². The summed E-state index contributed by atoms with van der Waals surface area (Å²) in [6, 6.07) is 19.7. The molecule has 0 aliphatic carbocycles. The highest BCUT2D eigenvalue weighted by Crippen LogP contribution is 2.33. The fourth-order valence-corrected chi connectivity index (χ4v) is 3.90. The van der Waals surface area contributed by atoms with Crippen LogP contribution < -0.4 is 0 Å². The average Bonchev–Trinajstić information content (AvgIpc) is 3.40. The zero-order valence-corrected chi connectivity index (χ0v) is 18.2. The van der Waals surface area contributed by atoms with Crippen LogP contribution in [0.3, 0.4) is 0 Å². The Kier molecular flexibility index (Phi) is 5.36. The van der Waals surface area contributed by atoms with E-state index in [2.05, 4.69) is 4.98 Å². The topological polar surface area (TPSA) is 63.6 Å². The van der Waals surface area contributed by atoms with Crippen molar-refractivity contribution in [1.29, 1.82) is 0 Å². The average molecular weight is 463 g/mol. The molecule has 0 spiro atoms. The van der Waals surface area contributed by atoms with Crippen molar-refractivity contribution in [1.82, 2.24) is 14.4 Å². The molecule has 0 bridgehead atoms. The first kappa shape index (κ1) is 21.8. The van der Waals surface area contributed by atoms with Gasteiger partial charge in [0.2, 0.25) is 11.6 Å². The molecule has 2 aromatic carbocycles. The van der Waals surface area contributed by atoms with Crippen LogP contribution in [0.4, 0.5) is 13.2 Å². The summed E-state index contributed by atoms with van der Waals surface area (Å²) in [6.07, 6.45) is -2.50. The van der Waals surface area contributed by atoms with Gasteiger partial charge in [-0.1, -0.05) is 54.1 Å². The van der Waals surface area contributed by atoms with E-state index in [1.807, 2.05) is 61.5 Å². The number of nitrogens with zero attached hydrogens (tertiary/aromatic N) is 3. The smallest absolute Gasteiger partial charge is 0.449 e. The van der Waals surface area contributed by atoms with Gasteiger partial charge in [0.05, 0.1) is 17.8 Å². The first-order valence-electron chi connectivity index (χ1n) is 10.6. The van der Waals surface area contributed by atoms with Crippen molar-refractivity contribution < 1.29 is 22.7 Å². The predicted molar refractivity (Wildman–Crippen MR) is 121 cm³/mol. The van der Waals surface area contributed by atoms with E-state index in [1.54, 1.807) is 6.20 Å². The molecule has 8 heteroatoms. The first-order chi connectivity index (χ1) is 16.3. The molecule has 0 saturated heterocycles. The molecule has 34 heavy (non-hydrogen) atoms. The Balaban J connectivity index is 1.61. The number of aryl methyl sites for hydroxylation is 1. The van der Waals surface area contributed by atoms with Gasteiger partial charge >= 0.3 is 6.18 Å². The molecule has 0 aliphatic heterocycles. The molecule has 0 amide bonds. The molecule has 0 aliphatic rings. The monoisotopic (exact) mass is 463 g/mol. The second kappa shape index (κ2) is 8.37. The Morgan fingerprint density at radius 3 is 2.41 bits per heavy atom. The highest BCUT2D eigenvalue weighted by Gasteiger charge is 2.35. The van der Waals surface area contributed by atoms with Crippen LogP contribution in [-0.2, 0) is 19.0 Å². The Hall–Kier alpha value is -4.07. The third kappa shape index (κ3) is 4.26. The Morgan fingerprint density at radius 2 is 1.71 bits per heavy atom. The van der Waals surface area contributed by atoms with Crippen LogP contribution >= 0.6 is 0 Å². The van der Waals surface area contributed by atoms with Crippen LogP contribution in [0.1, 0.15) is 34.0 Å². The standard InChI is InChI=1S/C26H20F3N3O2/c1-16-6-5-9-18(12-16)22-15-32-24(20(30-22)13-17-7-3-2-4-8-17)31-21(25(32)33)14-19-10-11-23(34-19)26(27,28)29/h2-12,15,33H,13-14H2,1H3. The lowest BCUT2D eigenvalue weighted by atomic mass is 10.1. The number of alkyl halides is 3. The van der Waals surface area contributed by atoms with Gasteiger partial charge in [0, 0.05) is 18.2 Å². The maximum absolute atomic E-state index is 12.9. The van der Waals surface area contributed by atoms with Crippen LogP contribution in [0.15, 0.2) is 77.3 Å². The number of aromatic nitrogens is 3. The van der Waals surface area contributed by atoms with Gasteiger partial charge in [-0.2, -0.15) is 13.2 Å². The lowest BCUT2D eigenvalue weighted by molar-refractivity contribution is -0.153. The molecule has 0 fully saturated rings. The van der Waals surface area contributed by atoms with Crippen LogP contribution in [0.2, 0.25) is 0 Å². The second-order valence-electron chi connectivity index (χ2n) is 8.12. The number of furan rings is 1. The summed E-state index contributed by atoms with van der Waals surface area (Å²) in [6.45, 7) is 1.98. The number of halogens is 3. The molecular formula is C26H20F3N3O2. The normalized spacial score (nSPS) is 11.9. The zero-order chi connectivity index (χ0) is 23.9. The van der Waals surface area contributed by atoms with E-state index in [9.17, 15) is 18.3 Å². The summed E-state index contributed by atoms with van der Waals surface area (Å²) >= 11 is 0. The van der Waals surface area contributed by atoms with Crippen molar-refractivity contribution in [3.63, 3.8) is 0 Å². The van der Waals surface area contributed by atoms with Crippen LogP contribution in [-0.4, -0.2) is 19.5 Å². The fourth-order valence-electron chi connectivity index (χ4n) is 3.90. The SMILES string of the molecule is Cc1cccc(-c2cn3c(O)c(Cc4ccc(C(F)(F)F)o4)nc3c(Cc3ccccc3)n2)c1. The highest BCUT2D eigenvalue weighted by atomic mass is 19.4. The van der Waals surface area contributed by atoms with E-state index in [-0.39, 0.29) is 23.8 Å². The van der Waals surface area contributed by atoms with Crippen LogP contribution in [0.5, 0.6) is 5.88 Å². The van der Waals surface area contributed by atoms with Gasteiger partial charge in [-0.25, -0.2) is 9.97 Å². The van der Waals surface area contributed by atoms with Crippen molar-refractivity contribution in [2.45, 2.75) is 25.9 Å². The van der Waals surface area contributed by atoms with E-state index in [0.717, 1.165) is 22.8 Å². The predicted octanol–water partition coefficient (Wildman–Crippen LogP) is 6.20. The third-order valence-electron chi connectivity index (χ3n) is 5.53. The molecular weight excluding hydrogens is 443 g/mol. The Bertz CT molecular complexity index is 1470. The highest BCUT2D eigenvalue weighted by molar-refractivity contribution is 5.64. The Labute approximate surface area is 193 Å². The summed E-state index contributed by atoms with van der Waals surface area (Å²) in [5.74, 6) is -1.19. The molecule has 1 N–H and O–H groups in total. The fraction of sp³-hybridized carbons (Fsp3) is 0.154. The van der Waals surface area contributed by atoms with Gasteiger partial charge in [0.1, 0.15) is 11.5 Å². The minimum Gasteiger partial charge on any atom is -0.493 e. The molecule has 5 rings (SSSR count). The minimum absolute atomic E-state index is 0.0579. The van der Waals surface area contributed by atoms with Crippen molar-refractivity contribution in [3.8, 4) is 17.1 Å². The maximum Gasteiger partial charge on any atom is 0.449 e. The summed E-state index contributed by atoms with van der Waals surface area (Å²) in [5.41, 5.74) is 4.91. The number of hydrogen-bond donors (Lipinski definition) is 1. The molecule has 172 valence electrons. The van der Waals surface area contributed by atoms with E-state index in [4.69, 9.17) is 9.40 Å². The van der Waals surface area contributed by atoms with Crippen molar-refractivity contribution in [2.75, 3.05) is 0 Å². The molecule has 0 unspecified atom stereocenters. The lowest BCUT2D eigenvalue weighted by Gasteiger charge is -2.09. The van der Waals surface area contributed by atoms with E-state index in [0.29, 0.717) is 23.5 Å². The van der Waals surface area contributed by atoms with Gasteiger partial charge in [-0.3, -0.25) is 4.40 Å². The Morgan fingerprint density at radius 1 is 0.912 bits per heavy atom. The second-order valence-corrected chi connectivity index (χ2v) is 8.12. The van der Waals surface area contributed by atoms with E-state index in [1.165, 1.54) is 10.5 Å². The number of imidazole rings is 1. The van der Waals surface area contributed by atoms with Gasteiger partial charge < -0.3 is 9.52 Å². The molecule has 0 radical (unpaired) electrons. The van der Waals surface area contributed by atoms with Gasteiger partial charge in [-0.05, 0) is 30.7 Å². The largest absolute Gasteiger partial charge is 0.493 e. The third-order valence-corrected chi connectivity index (χ3v) is 5.53. The van der Waals surface area contributed by atoms with Crippen LogP contribution in [0.25, 0.3) is 16.9 Å². The van der Waals surface area contributed by atoms with Crippen molar-refractivity contribution >= 4 is 5.65 Å². The van der Waals surface area contributed by atoms with Gasteiger partial charge in [0.25, 0.3) is 0 Å². The number of aromatic hydroxyl groups is 1. The summed E-state index contributed by atoms with van der Waals surface area (Å²) in [5, 5.41) is 10.9. The number of benzene rings is 2. The molecule has 5 aromatic rings. The quantitative estimate of drug-likeness (QED) is 0.337. The maximum atomic E-state index is 12.9. The molecule has 0 saturated carbocycles. The summed E-state index contributed by atoms with van der Waals surface area (Å²) in [4.78, 5) is 9.38. The molecule has 3 heterocycles. The van der Waals surface area contributed by atoms with Gasteiger partial charge in [-0.15, -0.1) is 0 Å². The molecule has 0 atom stereocenters. The number of hydrogen-bond acceptors (Lipinski definition) is 4. The minimum atomic E-state index is -4.57. The zero-order valence-electron chi connectivity index (χ0n) is 18.2. The molecule has 3 aromatic heterocycles. The number of rotatable bonds is 5. The van der Waals surface area contributed by atoms with Crippen LogP contribution in [0, 0.1) is 6.92 Å². The van der Waals surface area contributed by atoms with Crippen molar-refractivity contribution in [3.05, 3.63) is 107 Å².